The SMILES string of the molecule is O=C(NCc1ccccc1)c1csc(CCNCc2ccccn2)n1. The smallest absolute Gasteiger partial charge is 0.271 e. The number of hydrogen-bond acceptors (Lipinski definition) is 5. The molecule has 0 aliphatic heterocycles. The first kappa shape index (κ1) is 17.3. The molecular formula is C19H20N4OS. The third-order valence-corrected chi connectivity index (χ3v) is 4.54. The fraction of sp³-hybridized carbons (Fsp3) is 0.211. The Bertz CT molecular complexity index is 789. The highest BCUT2D eigenvalue weighted by atomic mass is 32.1. The molecule has 0 unspecified atom stereocenters. The molecule has 1 aromatic carbocycles. The number of benzene rings is 1. The third-order valence-electron chi connectivity index (χ3n) is 3.63. The minimum Gasteiger partial charge on any atom is -0.347 e. The van der Waals surface area contributed by atoms with Gasteiger partial charge in [0.25, 0.3) is 5.91 Å². The number of nitrogens with one attached hydrogen (secondary N) is 2. The predicted molar refractivity (Wildman–Crippen MR) is 99.4 cm³/mol. The fourth-order valence-corrected chi connectivity index (χ4v) is 3.09. The summed E-state index contributed by atoms with van der Waals surface area (Å²) in [5, 5.41) is 9.01. The second-order valence-corrected chi connectivity index (χ2v) is 6.49. The van der Waals surface area contributed by atoms with Crippen LogP contribution in [0.15, 0.2) is 60.1 Å². The van der Waals surface area contributed by atoms with Gasteiger partial charge in [-0.15, -0.1) is 11.3 Å². The maximum absolute atomic E-state index is 12.2. The minimum absolute atomic E-state index is 0.132. The van der Waals surface area contributed by atoms with Crippen molar-refractivity contribution >= 4 is 17.2 Å². The standard InChI is InChI=1S/C19H20N4OS/c24-19(22-12-15-6-2-1-3-7-15)17-14-25-18(23-17)9-11-20-13-16-8-4-5-10-21-16/h1-8,10,14,20H,9,11-13H2,(H,22,24). The van der Waals surface area contributed by atoms with Gasteiger partial charge in [-0.1, -0.05) is 36.4 Å². The zero-order valence-electron chi connectivity index (χ0n) is 13.8. The summed E-state index contributed by atoms with van der Waals surface area (Å²) in [6.07, 6.45) is 2.58. The molecule has 3 aromatic rings. The number of nitrogens with zero attached hydrogens (tertiary/aromatic N) is 2. The molecule has 0 aliphatic rings. The molecule has 2 N–H and O–H groups in total. The number of carbonyl (C=O) groups excluding carboxylic acids is 1. The summed E-state index contributed by atoms with van der Waals surface area (Å²) in [6.45, 7) is 2.05. The molecule has 2 aromatic heterocycles. The molecule has 2 heterocycles. The molecule has 0 saturated heterocycles. The van der Waals surface area contributed by atoms with E-state index in [-0.39, 0.29) is 5.91 Å². The average Bonchev–Trinajstić information content (AvgIpc) is 3.14. The Balaban J connectivity index is 1.41. The van der Waals surface area contributed by atoms with Gasteiger partial charge in [0, 0.05) is 37.6 Å². The molecule has 0 saturated carbocycles. The van der Waals surface area contributed by atoms with E-state index < -0.39 is 0 Å². The Morgan fingerprint density at radius 1 is 1.04 bits per heavy atom. The van der Waals surface area contributed by atoms with Gasteiger partial charge in [-0.05, 0) is 17.7 Å². The molecule has 6 heteroatoms. The topological polar surface area (TPSA) is 66.9 Å². The maximum Gasteiger partial charge on any atom is 0.271 e. The van der Waals surface area contributed by atoms with Crippen LogP contribution in [0.1, 0.15) is 26.8 Å². The molecule has 25 heavy (non-hydrogen) atoms. The lowest BCUT2D eigenvalue weighted by atomic mass is 10.2. The van der Waals surface area contributed by atoms with Crippen molar-refractivity contribution in [1.82, 2.24) is 20.6 Å². The maximum atomic E-state index is 12.2. The van der Waals surface area contributed by atoms with Gasteiger partial charge in [0.2, 0.25) is 0 Å². The van der Waals surface area contributed by atoms with Crippen LogP contribution in [0.5, 0.6) is 0 Å². The Morgan fingerprint density at radius 2 is 1.88 bits per heavy atom. The molecule has 3 rings (SSSR count). The molecule has 5 nitrogen and oxygen atoms in total. The summed E-state index contributed by atoms with van der Waals surface area (Å²) >= 11 is 1.52. The summed E-state index contributed by atoms with van der Waals surface area (Å²) in [6, 6.07) is 15.7. The van der Waals surface area contributed by atoms with E-state index in [2.05, 4.69) is 20.6 Å². The predicted octanol–water partition coefficient (Wildman–Crippen LogP) is 2.80. The van der Waals surface area contributed by atoms with Crippen molar-refractivity contribution in [3.05, 3.63) is 82.1 Å². The Kier molecular flexibility index (Phi) is 6.25. The van der Waals surface area contributed by atoms with Crippen LogP contribution in [-0.2, 0) is 19.5 Å². The monoisotopic (exact) mass is 352 g/mol. The largest absolute Gasteiger partial charge is 0.347 e. The zero-order chi connectivity index (χ0) is 17.3. The Hall–Kier alpha value is -2.57. The lowest BCUT2D eigenvalue weighted by molar-refractivity contribution is 0.0946. The van der Waals surface area contributed by atoms with E-state index in [1.807, 2.05) is 53.9 Å². The summed E-state index contributed by atoms with van der Waals surface area (Å²) in [7, 11) is 0. The zero-order valence-corrected chi connectivity index (χ0v) is 14.6. The summed E-state index contributed by atoms with van der Waals surface area (Å²) in [5.74, 6) is -0.132. The number of aromatic nitrogens is 2. The third kappa shape index (κ3) is 5.48. The number of carbonyl (C=O) groups is 1. The second kappa shape index (κ2) is 9.05. The molecule has 0 atom stereocenters. The van der Waals surface area contributed by atoms with Crippen molar-refractivity contribution < 1.29 is 4.79 Å². The molecule has 1 amide bonds. The van der Waals surface area contributed by atoms with Gasteiger partial charge in [0.05, 0.1) is 10.7 Å². The van der Waals surface area contributed by atoms with E-state index in [1.54, 1.807) is 6.20 Å². The highest BCUT2D eigenvalue weighted by Crippen LogP contribution is 2.10. The summed E-state index contributed by atoms with van der Waals surface area (Å²) in [5.41, 5.74) is 2.58. The van der Waals surface area contributed by atoms with Crippen molar-refractivity contribution in [3.63, 3.8) is 0 Å². The van der Waals surface area contributed by atoms with Crippen LogP contribution in [0.3, 0.4) is 0 Å². The quantitative estimate of drug-likeness (QED) is 0.612. The number of thiazole rings is 1. The first-order valence-electron chi connectivity index (χ1n) is 8.18. The van der Waals surface area contributed by atoms with Crippen LogP contribution < -0.4 is 10.6 Å². The van der Waals surface area contributed by atoms with Crippen molar-refractivity contribution in [3.8, 4) is 0 Å². The summed E-state index contributed by atoms with van der Waals surface area (Å²) in [4.78, 5) is 20.8. The van der Waals surface area contributed by atoms with E-state index in [1.165, 1.54) is 11.3 Å². The van der Waals surface area contributed by atoms with Crippen LogP contribution >= 0.6 is 11.3 Å². The van der Waals surface area contributed by atoms with E-state index in [9.17, 15) is 4.79 Å². The molecule has 0 aliphatic carbocycles. The van der Waals surface area contributed by atoms with Crippen LogP contribution in [-0.4, -0.2) is 22.4 Å². The highest BCUT2D eigenvalue weighted by Gasteiger charge is 2.10. The number of amides is 1. The summed E-state index contributed by atoms with van der Waals surface area (Å²) < 4.78 is 0. The van der Waals surface area contributed by atoms with E-state index in [0.29, 0.717) is 12.2 Å². The second-order valence-electron chi connectivity index (χ2n) is 5.54. The van der Waals surface area contributed by atoms with Crippen molar-refractivity contribution in [2.45, 2.75) is 19.5 Å². The van der Waals surface area contributed by atoms with Gasteiger partial charge < -0.3 is 10.6 Å². The van der Waals surface area contributed by atoms with Crippen LogP contribution in [0.25, 0.3) is 0 Å². The lowest BCUT2D eigenvalue weighted by Crippen LogP contribution is -2.23. The number of pyridine rings is 1. The molecule has 0 fully saturated rings. The molecule has 0 bridgehead atoms. The van der Waals surface area contributed by atoms with Crippen LogP contribution in [0, 0.1) is 0 Å². The first-order valence-corrected chi connectivity index (χ1v) is 9.06. The molecule has 128 valence electrons. The van der Waals surface area contributed by atoms with E-state index in [0.717, 1.165) is 35.8 Å². The van der Waals surface area contributed by atoms with Gasteiger partial charge in [-0.25, -0.2) is 4.98 Å². The van der Waals surface area contributed by atoms with Crippen molar-refractivity contribution in [1.29, 1.82) is 0 Å². The van der Waals surface area contributed by atoms with Gasteiger partial charge in [0.1, 0.15) is 5.69 Å². The van der Waals surface area contributed by atoms with E-state index >= 15 is 0 Å². The van der Waals surface area contributed by atoms with E-state index in [4.69, 9.17) is 0 Å². The Labute approximate surface area is 151 Å². The van der Waals surface area contributed by atoms with Crippen molar-refractivity contribution in [2.75, 3.05) is 6.54 Å². The molecular weight excluding hydrogens is 332 g/mol. The minimum atomic E-state index is -0.132. The lowest BCUT2D eigenvalue weighted by Gasteiger charge is -2.03. The number of hydrogen-bond donors (Lipinski definition) is 2. The first-order chi connectivity index (χ1) is 12.3. The van der Waals surface area contributed by atoms with Gasteiger partial charge >= 0.3 is 0 Å². The van der Waals surface area contributed by atoms with Gasteiger partial charge in [0.15, 0.2) is 0 Å². The molecule has 0 radical (unpaired) electrons. The fourth-order valence-electron chi connectivity index (χ4n) is 2.31. The van der Waals surface area contributed by atoms with Crippen LogP contribution in [0.4, 0.5) is 0 Å². The molecule has 0 spiro atoms. The number of rotatable bonds is 8. The van der Waals surface area contributed by atoms with Crippen LogP contribution in [0.2, 0.25) is 0 Å². The van der Waals surface area contributed by atoms with Gasteiger partial charge in [-0.3, -0.25) is 9.78 Å². The van der Waals surface area contributed by atoms with Gasteiger partial charge in [-0.2, -0.15) is 0 Å². The highest BCUT2D eigenvalue weighted by molar-refractivity contribution is 7.09. The average molecular weight is 352 g/mol. The van der Waals surface area contributed by atoms with Crippen molar-refractivity contribution in [2.24, 2.45) is 0 Å². The normalized spacial score (nSPS) is 10.6. The Morgan fingerprint density at radius 3 is 2.68 bits per heavy atom.